The van der Waals surface area contributed by atoms with Gasteiger partial charge in [0.25, 0.3) is 0 Å². The van der Waals surface area contributed by atoms with Crippen LogP contribution in [0.1, 0.15) is 87.5 Å². The molecule has 3 aliphatic heterocycles. The maximum absolute atomic E-state index is 14.1. The second-order valence-corrected chi connectivity index (χ2v) is 14.7. The standard InChI is InChI=1S/C39H59NO8/c1-23(2)18-27(6)36-29(8)34(40-44-9)15-11-14-32-20-31(46-22-47-36)17-16-25(4)28(7)24(3)12-10-13-30-21-45-37-35(41)26(5)19-33(38(42)48-32)39(30,37)43/h10,12-13,16,18-19,23-24,28-29,31-33,35-37,41,43H,11,14-15,17,20-22H2,1-9H3/b12-10+,25-16+,27-18+,30-13+,40-34-/t24-,28?,29-,31+,32+,33-,35+,36+,37+,39+/m0/s1. The van der Waals surface area contributed by atoms with Crippen LogP contribution < -0.4 is 0 Å². The summed E-state index contributed by atoms with van der Waals surface area (Å²) in [4.78, 5) is 19.4. The first-order valence-electron chi connectivity index (χ1n) is 17.7. The average molecular weight is 670 g/mol. The third-order valence-corrected chi connectivity index (χ3v) is 10.8. The molecule has 268 valence electrons. The number of esters is 1. The summed E-state index contributed by atoms with van der Waals surface area (Å²) >= 11 is 0. The maximum Gasteiger partial charge on any atom is 0.316 e. The van der Waals surface area contributed by atoms with E-state index in [4.69, 9.17) is 23.8 Å². The first-order valence-corrected chi connectivity index (χ1v) is 17.7. The Kier molecular flexibility index (Phi) is 13.5. The van der Waals surface area contributed by atoms with Crippen molar-refractivity contribution in [1.29, 1.82) is 0 Å². The first kappa shape index (κ1) is 38.2. The monoisotopic (exact) mass is 669 g/mol. The molecule has 9 nitrogen and oxygen atoms in total. The molecule has 3 heterocycles. The minimum atomic E-state index is -1.73. The van der Waals surface area contributed by atoms with Gasteiger partial charge in [0.15, 0.2) is 0 Å². The van der Waals surface area contributed by atoms with Crippen molar-refractivity contribution in [2.75, 3.05) is 20.5 Å². The highest BCUT2D eigenvalue weighted by atomic mass is 16.7. The van der Waals surface area contributed by atoms with Gasteiger partial charge in [-0.1, -0.05) is 81.8 Å². The molecule has 0 amide bonds. The number of rotatable bonds is 3. The Morgan fingerprint density at radius 2 is 1.85 bits per heavy atom. The van der Waals surface area contributed by atoms with E-state index in [-0.39, 0.29) is 43.4 Å². The van der Waals surface area contributed by atoms with E-state index in [0.29, 0.717) is 49.2 Å². The number of hydrogen-bond donors (Lipinski definition) is 2. The van der Waals surface area contributed by atoms with Gasteiger partial charge in [-0.3, -0.25) is 4.79 Å². The van der Waals surface area contributed by atoms with Gasteiger partial charge in [-0.05, 0) is 80.9 Å². The minimum absolute atomic E-state index is 0.0639. The lowest BCUT2D eigenvalue weighted by atomic mass is 9.71. The molecule has 0 aromatic heterocycles. The number of aliphatic hydroxyl groups is 2. The summed E-state index contributed by atoms with van der Waals surface area (Å²) in [6.07, 6.45) is 12.0. The third kappa shape index (κ3) is 8.77. The highest BCUT2D eigenvalue weighted by Crippen LogP contribution is 2.45. The molecule has 1 unspecified atom stereocenters. The van der Waals surface area contributed by atoms with Crippen LogP contribution in [-0.4, -0.2) is 78.5 Å². The molecule has 2 bridgehead atoms. The Balaban J connectivity index is 1.73. The summed E-state index contributed by atoms with van der Waals surface area (Å²) in [6, 6.07) is 0. The molecular formula is C39H59NO8. The van der Waals surface area contributed by atoms with Crippen LogP contribution in [0.3, 0.4) is 0 Å². The van der Waals surface area contributed by atoms with E-state index >= 15 is 0 Å². The van der Waals surface area contributed by atoms with Gasteiger partial charge in [0, 0.05) is 12.3 Å². The van der Waals surface area contributed by atoms with Crippen molar-refractivity contribution in [2.45, 2.75) is 124 Å². The number of ether oxygens (including phenoxy) is 4. The second-order valence-electron chi connectivity index (χ2n) is 14.7. The second kappa shape index (κ2) is 16.9. The van der Waals surface area contributed by atoms with Crippen molar-refractivity contribution < 1.29 is 38.8 Å². The van der Waals surface area contributed by atoms with Crippen LogP contribution in [0.15, 0.2) is 63.9 Å². The van der Waals surface area contributed by atoms with Gasteiger partial charge in [-0.2, -0.15) is 0 Å². The first-order chi connectivity index (χ1) is 22.8. The van der Waals surface area contributed by atoms with Crippen molar-refractivity contribution in [3.05, 3.63) is 58.7 Å². The molecule has 4 aliphatic rings. The minimum Gasteiger partial charge on any atom is -0.462 e. The van der Waals surface area contributed by atoms with Crippen LogP contribution in [-0.2, 0) is 28.6 Å². The van der Waals surface area contributed by atoms with Gasteiger partial charge < -0.3 is 34.0 Å². The molecule has 9 heteroatoms. The Morgan fingerprint density at radius 1 is 1.10 bits per heavy atom. The van der Waals surface area contributed by atoms with E-state index in [2.05, 4.69) is 71.8 Å². The van der Waals surface area contributed by atoms with Gasteiger partial charge in [0.1, 0.15) is 43.7 Å². The zero-order valence-corrected chi connectivity index (χ0v) is 30.5. The van der Waals surface area contributed by atoms with Crippen LogP contribution >= 0.6 is 0 Å². The number of carbonyl (C=O) groups excluding carboxylic acids is 1. The van der Waals surface area contributed by atoms with Gasteiger partial charge in [-0.25, -0.2) is 0 Å². The van der Waals surface area contributed by atoms with E-state index in [1.807, 2.05) is 12.2 Å². The zero-order chi connectivity index (χ0) is 35.2. The molecule has 1 aliphatic carbocycles. The molecule has 4 rings (SSSR count). The average Bonchev–Trinajstić information content (AvgIpc) is 3.37. The normalized spacial score (nSPS) is 41.5. The molecule has 0 radical (unpaired) electrons. The zero-order valence-electron chi connectivity index (χ0n) is 30.5. The topological polar surface area (TPSA) is 116 Å². The van der Waals surface area contributed by atoms with Crippen molar-refractivity contribution in [2.24, 2.45) is 34.7 Å². The van der Waals surface area contributed by atoms with Crippen molar-refractivity contribution in [3.8, 4) is 0 Å². The van der Waals surface area contributed by atoms with Crippen LogP contribution in [0.4, 0.5) is 0 Å². The molecule has 2 N–H and O–H groups in total. The molecular weight excluding hydrogens is 610 g/mol. The lowest BCUT2D eigenvalue weighted by Gasteiger charge is -2.41. The summed E-state index contributed by atoms with van der Waals surface area (Å²) < 4.78 is 25.2. The Bertz CT molecular complexity index is 1310. The number of allylic oxidation sites excluding steroid dienone is 5. The molecule has 10 atom stereocenters. The lowest BCUT2D eigenvalue weighted by molar-refractivity contribution is -0.171. The largest absolute Gasteiger partial charge is 0.462 e. The Labute approximate surface area is 287 Å². The number of carbonyl (C=O) groups is 1. The smallest absolute Gasteiger partial charge is 0.316 e. The fourth-order valence-corrected chi connectivity index (χ4v) is 7.55. The molecule has 0 spiro atoms. The third-order valence-electron chi connectivity index (χ3n) is 10.8. The molecule has 0 saturated carbocycles. The Morgan fingerprint density at radius 3 is 2.56 bits per heavy atom. The highest BCUT2D eigenvalue weighted by molar-refractivity contribution is 5.87. The molecule has 0 aromatic rings. The van der Waals surface area contributed by atoms with E-state index in [0.717, 1.165) is 11.3 Å². The van der Waals surface area contributed by atoms with E-state index in [9.17, 15) is 15.0 Å². The van der Waals surface area contributed by atoms with Crippen LogP contribution in [0.2, 0.25) is 0 Å². The van der Waals surface area contributed by atoms with E-state index in [1.165, 1.54) is 5.57 Å². The summed E-state index contributed by atoms with van der Waals surface area (Å²) in [7, 11) is 1.55. The predicted octanol–water partition coefficient (Wildman–Crippen LogP) is 6.61. The van der Waals surface area contributed by atoms with Crippen LogP contribution in [0.25, 0.3) is 0 Å². The van der Waals surface area contributed by atoms with E-state index < -0.39 is 35.8 Å². The fraction of sp³-hybridized carbons (Fsp3) is 0.692. The molecule has 2 saturated heterocycles. The lowest BCUT2D eigenvalue weighted by Crippen LogP contribution is -2.57. The summed E-state index contributed by atoms with van der Waals surface area (Å²) in [5.74, 6) is -0.800. The van der Waals surface area contributed by atoms with Crippen LogP contribution in [0.5, 0.6) is 0 Å². The number of oxime groups is 1. The van der Waals surface area contributed by atoms with Gasteiger partial charge >= 0.3 is 5.97 Å². The van der Waals surface area contributed by atoms with Crippen molar-refractivity contribution in [3.63, 3.8) is 0 Å². The Hall–Kier alpha value is -2.56. The molecule has 0 aromatic carbocycles. The van der Waals surface area contributed by atoms with Crippen LogP contribution in [0, 0.1) is 29.6 Å². The summed E-state index contributed by atoms with van der Waals surface area (Å²) in [5, 5.41) is 27.6. The predicted molar refractivity (Wildman–Crippen MR) is 187 cm³/mol. The number of aliphatic hydroxyl groups excluding tert-OH is 1. The summed E-state index contributed by atoms with van der Waals surface area (Å²) in [5.41, 5.74) is 2.64. The van der Waals surface area contributed by atoms with Gasteiger partial charge in [0.05, 0.1) is 24.5 Å². The highest BCUT2D eigenvalue weighted by Gasteiger charge is 2.59. The molecule has 2 fully saturated rings. The van der Waals surface area contributed by atoms with Crippen molar-refractivity contribution in [1.82, 2.24) is 0 Å². The quantitative estimate of drug-likeness (QED) is 0.196. The van der Waals surface area contributed by atoms with Gasteiger partial charge in [0.2, 0.25) is 0 Å². The van der Waals surface area contributed by atoms with Crippen molar-refractivity contribution >= 4 is 11.7 Å². The summed E-state index contributed by atoms with van der Waals surface area (Å²) in [6.45, 7) is 17.0. The maximum atomic E-state index is 14.1. The number of nitrogens with zero attached hydrogens (tertiary/aromatic N) is 1. The SMILES string of the molecule is CO/N=C1/CCC[C@@H]2C[C@@H](C/C=C(\C)C(C)[C@@H](C)/C=C/C=C3\CO[C@@H]4[C@H](O)C(C)=C[C@@H](C(=O)O2)[C@]34O)OCO[C@H](/C(C)=C/C(C)C)[C@H]1C. The number of fused-ring (bicyclic) bond motifs is 2. The van der Waals surface area contributed by atoms with E-state index in [1.54, 1.807) is 20.1 Å². The number of hydrogen-bond acceptors (Lipinski definition) is 9. The van der Waals surface area contributed by atoms with Gasteiger partial charge in [-0.15, -0.1) is 0 Å². The molecule has 48 heavy (non-hydrogen) atoms. The fourth-order valence-electron chi connectivity index (χ4n) is 7.55.